The minimum atomic E-state index is -0.167. The lowest BCUT2D eigenvalue weighted by Crippen LogP contribution is -2.44. The topological polar surface area (TPSA) is 70.6 Å². The van der Waals surface area contributed by atoms with Crippen molar-refractivity contribution in [3.63, 3.8) is 0 Å². The molecule has 0 bridgehead atoms. The molecule has 0 saturated carbocycles. The number of rotatable bonds is 5. The number of carbonyl (C=O) groups excluding carboxylic acids is 1. The highest BCUT2D eigenvalue weighted by Gasteiger charge is 2.23. The second-order valence-corrected chi connectivity index (χ2v) is 8.74. The van der Waals surface area contributed by atoms with Gasteiger partial charge in [-0.05, 0) is 37.1 Å². The van der Waals surface area contributed by atoms with Crippen molar-refractivity contribution in [2.75, 3.05) is 44.1 Å². The molecule has 162 valence electrons. The average molecular weight is 430 g/mol. The van der Waals surface area contributed by atoms with Gasteiger partial charge in [0.25, 0.3) is 0 Å². The minimum absolute atomic E-state index is 0.0144. The predicted octanol–water partition coefficient (Wildman–Crippen LogP) is 4.09. The Morgan fingerprint density at radius 1 is 1.27 bits per heavy atom. The van der Waals surface area contributed by atoms with Crippen molar-refractivity contribution < 1.29 is 9.53 Å². The van der Waals surface area contributed by atoms with Crippen LogP contribution in [0.1, 0.15) is 31.7 Å². The van der Waals surface area contributed by atoms with E-state index in [2.05, 4.69) is 37.1 Å². The van der Waals surface area contributed by atoms with Gasteiger partial charge in [-0.1, -0.05) is 13.8 Å². The van der Waals surface area contributed by atoms with Crippen LogP contribution in [0.2, 0.25) is 0 Å². The fraction of sp³-hybridized carbons (Fsp3) is 0.500. The number of amides is 2. The normalized spacial score (nSPS) is 17.7. The van der Waals surface area contributed by atoms with E-state index >= 15 is 0 Å². The molecular formula is C22H31N5O2S. The molecule has 0 aliphatic carbocycles. The van der Waals surface area contributed by atoms with Gasteiger partial charge in [0, 0.05) is 43.2 Å². The Hall–Kier alpha value is -2.32. The predicted molar refractivity (Wildman–Crippen MR) is 124 cm³/mol. The maximum absolute atomic E-state index is 11.9. The van der Waals surface area contributed by atoms with Gasteiger partial charge < -0.3 is 19.9 Å². The van der Waals surface area contributed by atoms with Crippen molar-refractivity contribution in [1.82, 2.24) is 14.9 Å². The van der Waals surface area contributed by atoms with E-state index in [0.29, 0.717) is 25.0 Å². The number of benzene rings is 1. The van der Waals surface area contributed by atoms with Gasteiger partial charge in [-0.3, -0.25) is 0 Å². The van der Waals surface area contributed by atoms with E-state index < -0.39 is 0 Å². The number of nitrogens with one attached hydrogen (secondary N) is 1. The van der Waals surface area contributed by atoms with Crippen LogP contribution < -0.4 is 10.2 Å². The summed E-state index contributed by atoms with van der Waals surface area (Å²) in [5, 5.41) is 2.86. The maximum Gasteiger partial charge on any atom is 0.321 e. The molecule has 1 N–H and O–H groups in total. The van der Waals surface area contributed by atoms with Crippen LogP contribution in [0, 0.1) is 5.92 Å². The molecule has 1 aromatic carbocycles. The molecule has 1 saturated heterocycles. The number of hydrogen-bond donors (Lipinski definition) is 2. The summed E-state index contributed by atoms with van der Waals surface area (Å²) in [4.78, 5) is 25.3. The lowest BCUT2D eigenvalue weighted by Gasteiger charge is -2.34. The average Bonchev–Trinajstić information content (AvgIpc) is 2.73. The van der Waals surface area contributed by atoms with E-state index in [9.17, 15) is 4.79 Å². The molecule has 30 heavy (non-hydrogen) atoms. The Morgan fingerprint density at radius 3 is 2.57 bits per heavy atom. The third-order valence-corrected chi connectivity index (χ3v) is 5.99. The molecule has 2 atom stereocenters. The number of ether oxygens (including phenoxy) is 1. The van der Waals surface area contributed by atoms with E-state index in [1.807, 2.05) is 24.3 Å². The van der Waals surface area contributed by atoms with Crippen LogP contribution in [0.15, 0.2) is 30.3 Å². The van der Waals surface area contributed by atoms with Crippen molar-refractivity contribution in [3.8, 4) is 11.4 Å². The second-order valence-electron chi connectivity index (χ2n) is 8.18. The van der Waals surface area contributed by atoms with Crippen LogP contribution >= 0.6 is 12.6 Å². The highest BCUT2D eigenvalue weighted by atomic mass is 32.1. The first-order valence-electron chi connectivity index (χ1n) is 10.3. The highest BCUT2D eigenvalue weighted by Crippen LogP contribution is 2.32. The smallest absolute Gasteiger partial charge is 0.321 e. The summed E-state index contributed by atoms with van der Waals surface area (Å²) < 4.78 is 5.59. The quantitative estimate of drug-likeness (QED) is 0.701. The van der Waals surface area contributed by atoms with Gasteiger partial charge in [-0.25, -0.2) is 14.8 Å². The summed E-state index contributed by atoms with van der Waals surface area (Å²) in [7, 11) is 3.42. The number of anilines is 2. The summed E-state index contributed by atoms with van der Waals surface area (Å²) in [6.45, 7) is 8.59. The number of morpholine rings is 1. The summed E-state index contributed by atoms with van der Waals surface area (Å²) in [6, 6.07) is 9.72. The monoisotopic (exact) mass is 429 g/mol. The summed E-state index contributed by atoms with van der Waals surface area (Å²) in [5.41, 5.74) is 2.54. The van der Waals surface area contributed by atoms with E-state index in [1.54, 1.807) is 14.1 Å². The lowest BCUT2D eigenvalue weighted by atomic mass is 10.1. The Morgan fingerprint density at radius 2 is 1.97 bits per heavy atom. The van der Waals surface area contributed by atoms with Crippen molar-refractivity contribution in [2.45, 2.75) is 32.1 Å². The molecule has 8 heteroatoms. The number of urea groups is 1. The third kappa shape index (κ3) is 5.23. The van der Waals surface area contributed by atoms with Crippen molar-refractivity contribution in [1.29, 1.82) is 0 Å². The number of aromatic nitrogens is 2. The molecule has 7 nitrogen and oxygen atoms in total. The Kier molecular flexibility index (Phi) is 7.20. The highest BCUT2D eigenvalue weighted by molar-refractivity contribution is 7.80. The lowest BCUT2D eigenvalue weighted by molar-refractivity contribution is 0.0985. The SMILES string of the molecule is CC(C)C(S)c1cc(N2CCOC[C@@H]2C)nc(-c2ccc(NC(=O)N(C)C)cc2)n1. The molecule has 0 radical (unpaired) electrons. The molecule has 0 spiro atoms. The molecule has 1 aliphatic heterocycles. The van der Waals surface area contributed by atoms with Crippen LogP contribution in [0.4, 0.5) is 16.3 Å². The number of thiol groups is 1. The first kappa shape index (κ1) is 22.4. The number of hydrogen-bond acceptors (Lipinski definition) is 6. The van der Waals surface area contributed by atoms with Crippen LogP contribution in [0.5, 0.6) is 0 Å². The fourth-order valence-electron chi connectivity index (χ4n) is 3.23. The van der Waals surface area contributed by atoms with Gasteiger partial charge in [-0.2, -0.15) is 12.6 Å². The molecule has 1 aliphatic rings. The third-order valence-electron chi connectivity index (χ3n) is 5.13. The minimum Gasteiger partial charge on any atom is -0.377 e. The van der Waals surface area contributed by atoms with E-state index in [-0.39, 0.29) is 17.3 Å². The second kappa shape index (κ2) is 9.66. The molecule has 2 heterocycles. The van der Waals surface area contributed by atoms with E-state index in [1.165, 1.54) is 4.90 Å². The fourth-order valence-corrected chi connectivity index (χ4v) is 3.36. The summed E-state index contributed by atoms with van der Waals surface area (Å²) in [5.74, 6) is 1.90. The van der Waals surface area contributed by atoms with Gasteiger partial charge in [0.1, 0.15) is 5.82 Å². The van der Waals surface area contributed by atoms with Crippen LogP contribution in [0.25, 0.3) is 11.4 Å². The molecule has 1 fully saturated rings. The standard InChI is InChI=1S/C22H31N5O2S/c1-14(2)20(30)18-12-19(27-10-11-29-13-15(27)3)25-21(24-18)16-6-8-17(9-7-16)23-22(28)26(4)5/h6-9,12,14-15,20,30H,10-11,13H2,1-5H3,(H,23,28)/t15-,20?/m0/s1. The van der Waals surface area contributed by atoms with Crippen LogP contribution in [-0.2, 0) is 4.74 Å². The molecule has 2 amide bonds. The van der Waals surface area contributed by atoms with Crippen molar-refractivity contribution >= 4 is 30.2 Å². The molecule has 2 aromatic rings. The summed E-state index contributed by atoms with van der Waals surface area (Å²) in [6.07, 6.45) is 0. The zero-order chi connectivity index (χ0) is 21.8. The molecular weight excluding hydrogens is 398 g/mol. The Labute approximate surface area is 184 Å². The molecule has 3 rings (SSSR count). The summed E-state index contributed by atoms with van der Waals surface area (Å²) >= 11 is 4.80. The maximum atomic E-state index is 11.9. The van der Waals surface area contributed by atoms with Gasteiger partial charge in [0.05, 0.1) is 24.9 Å². The van der Waals surface area contributed by atoms with Crippen molar-refractivity contribution in [2.24, 2.45) is 5.92 Å². The zero-order valence-corrected chi connectivity index (χ0v) is 19.2. The number of nitrogens with zero attached hydrogens (tertiary/aromatic N) is 4. The van der Waals surface area contributed by atoms with Crippen LogP contribution in [0.3, 0.4) is 0 Å². The van der Waals surface area contributed by atoms with Gasteiger partial charge in [0.2, 0.25) is 0 Å². The Balaban J connectivity index is 1.95. The molecule has 1 aromatic heterocycles. The van der Waals surface area contributed by atoms with Gasteiger partial charge in [-0.15, -0.1) is 0 Å². The number of carbonyl (C=O) groups is 1. The van der Waals surface area contributed by atoms with E-state index in [0.717, 1.165) is 29.3 Å². The van der Waals surface area contributed by atoms with Gasteiger partial charge in [0.15, 0.2) is 5.82 Å². The molecule has 1 unspecified atom stereocenters. The van der Waals surface area contributed by atoms with E-state index in [4.69, 9.17) is 27.3 Å². The van der Waals surface area contributed by atoms with Gasteiger partial charge >= 0.3 is 6.03 Å². The van der Waals surface area contributed by atoms with Crippen molar-refractivity contribution in [3.05, 3.63) is 36.0 Å². The van der Waals surface area contributed by atoms with Crippen LogP contribution in [-0.4, -0.2) is 60.8 Å². The Bertz CT molecular complexity index is 872. The zero-order valence-electron chi connectivity index (χ0n) is 18.3. The first-order valence-corrected chi connectivity index (χ1v) is 10.8. The largest absolute Gasteiger partial charge is 0.377 e. The first-order chi connectivity index (χ1) is 14.3.